The Labute approximate surface area is 324 Å². The molecule has 0 aliphatic heterocycles. The van der Waals surface area contributed by atoms with Crippen LogP contribution in [0.2, 0.25) is 5.02 Å². The summed E-state index contributed by atoms with van der Waals surface area (Å²) in [5, 5.41) is 11.9. The number of esters is 1. The summed E-state index contributed by atoms with van der Waals surface area (Å²) in [4.78, 5) is 38.2. The van der Waals surface area contributed by atoms with Crippen LogP contribution in [0.25, 0.3) is 11.1 Å². The maximum Gasteiger partial charge on any atom is 0.309 e. The molecule has 0 saturated heterocycles. The molecule has 6 atom stereocenters. The van der Waals surface area contributed by atoms with Gasteiger partial charge in [-0.2, -0.15) is 0 Å². The lowest BCUT2D eigenvalue weighted by Crippen LogP contribution is -2.34. The summed E-state index contributed by atoms with van der Waals surface area (Å²) in [6.07, 6.45) is 11.7. The van der Waals surface area contributed by atoms with E-state index in [2.05, 4.69) is 37.3 Å². The van der Waals surface area contributed by atoms with Gasteiger partial charge in [0.05, 0.1) is 18.1 Å². The number of ether oxygens (including phenoxy) is 1. The van der Waals surface area contributed by atoms with Crippen molar-refractivity contribution in [2.45, 2.75) is 84.5 Å². The van der Waals surface area contributed by atoms with E-state index in [9.17, 15) is 19.5 Å². The Kier molecular flexibility index (Phi) is 12.8. The maximum absolute atomic E-state index is 13.0. The minimum Gasteiger partial charge on any atom is -0.511 e. The molecule has 2 fully saturated rings. The highest BCUT2D eigenvalue weighted by Gasteiger charge is 2.45. The average molecular weight is 754 g/mol. The lowest BCUT2D eigenvalue weighted by Gasteiger charge is -2.29. The summed E-state index contributed by atoms with van der Waals surface area (Å²) in [5.74, 6) is 0.00858. The van der Waals surface area contributed by atoms with Crippen LogP contribution in [0.5, 0.6) is 0 Å². The Morgan fingerprint density at radius 2 is 1.45 bits per heavy atom. The summed E-state index contributed by atoms with van der Waals surface area (Å²) in [6.45, 7) is 6.33. The standard InChI is InChI=1S/C24H27ClO3.C22H23ClO2/c1-3-28-24(27)20-12-8-7-11-19(20)23(26)14-18-13-16(2)21(15-22(18)25)17-9-5-4-6-10-17;1-13-11-18(19(23)12-17(13)14-7-3-2-4-8-14)20-21(24)15-9-5-6-10-16(15)22(20)25/h4-6,9-10,13,15,19-20H,3,7-8,11-12,14H2,1-2H3;2-4,7-8,11-13,15-17,24H,5-6,9-10H2,1H3. The number of allylic oxidation sites excluding steroid dienone is 6. The third kappa shape index (κ3) is 8.58. The molecule has 5 nitrogen and oxygen atoms in total. The maximum atomic E-state index is 13.0. The van der Waals surface area contributed by atoms with E-state index in [4.69, 9.17) is 27.9 Å². The minimum atomic E-state index is -0.315. The van der Waals surface area contributed by atoms with Crippen LogP contribution in [-0.4, -0.2) is 29.2 Å². The van der Waals surface area contributed by atoms with Gasteiger partial charge in [-0.1, -0.05) is 135 Å². The Bertz CT molecular complexity index is 1910. The smallest absolute Gasteiger partial charge is 0.309 e. The van der Waals surface area contributed by atoms with Crippen LogP contribution < -0.4 is 0 Å². The van der Waals surface area contributed by atoms with Crippen LogP contribution in [0, 0.1) is 36.5 Å². The fourth-order valence-electron chi connectivity index (χ4n) is 8.83. The van der Waals surface area contributed by atoms with Gasteiger partial charge >= 0.3 is 5.97 Å². The number of rotatable bonds is 8. The monoisotopic (exact) mass is 752 g/mol. The van der Waals surface area contributed by atoms with E-state index in [1.165, 1.54) is 5.56 Å². The Balaban J connectivity index is 0.000000182. The normalized spacial score (nSPS) is 25.4. The second-order valence-electron chi connectivity index (χ2n) is 15.0. The van der Waals surface area contributed by atoms with Crippen molar-refractivity contribution in [1.29, 1.82) is 0 Å². The zero-order valence-corrected chi connectivity index (χ0v) is 32.5. The highest BCUT2D eigenvalue weighted by molar-refractivity contribution is 6.33. The van der Waals surface area contributed by atoms with Crippen molar-refractivity contribution < 1.29 is 24.2 Å². The summed E-state index contributed by atoms with van der Waals surface area (Å²) in [6, 6.07) is 24.3. The predicted octanol–water partition coefficient (Wildman–Crippen LogP) is 11.5. The van der Waals surface area contributed by atoms with Crippen LogP contribution in [0.15, 0.2) is 107 Å². The van der Waals surface area contributed by atoms with Gasteiger partial charge in [0.25, 0.3) is 0 Å². The quantitative estimate of drug-likeness (QED) is 0.232. The molecule has 278 valence electrons. The predicted molar refractivity (Wildman–Crippen MR) is 213 cm³/mol. The van der Waals surface area contributed by atoms with Gasteiger partial charge in [-0.25, -0.2) is 0 Å². The van der Waals surface area contributed by atoms with Crippen molar-refractivity contribution in [2.75, 3.05) is 6.61 Å². The number of aliphatic hydroxyl groups excluding tert-OH is 1. The molecule has 1 N–H and O–H groups in total. The van der Waals surface area contributed by atoms with Crippen molar-refractivity contribution >= 4 is 40.7 Å². The number of Topliss-reactive ketones (excluding diaryl/α,β-unsaturated/α-hetero) is 2. The van der Waals surface area contributed by atoms with E-state index < -0.39 is 0 Å². The first kappa shape index (κ1) is 38.8. The van der Waals surface area contributed by atoms with Crippen LogP contribution in [0.1, 0.15) is 87.8 Å². The fourth-order valence-corrected chi connectivity index (χ4v) is 9.36. The largest absolute Gasteiger partial charge is 0.511 e. The first-order valence-corrected chi connectivity index (χ1v) is 20.0. The van der Waals surface area contributed by atoms with Crippen LogP contribution in [0.3, 0.4) is 0 Å². The summed E-state index contributed by atoms with van der Waals surface area (Å²) < 4.78 is 5.20. The third-order valence-corrected chi connectivity index (χ3v) is 12.3. The van der Waals surface area contributed by atoms with Gasteiger partial charge in [-0.15, -0.1) is 0 Å². The molecule has 7 heteroatoms. The molecule has 53 heavy (non-hydrogen) atoms. The lowest BCUT2D eigenvalue weighted by atomic mass is 9.75. The van der Waals surface area contributed by atoms with Gasteiger partial charge < -0.3 is 9.84 Å². The van der Waals surface area contributed by atoms with Gasteiger partial charge in [-0.05, 0) is 79.3 Å². The first-order chi connectivity index (χ1) is 25.6. The van der Waals surface area contributed by atoms with E-state index in [1.54, 1.807) is 6.92 Å². The number of aryl methyl sites for hydroxylation is 1. The molecule has 0 spiro atoms. The molecular weight excluding hydrogens is 703 g/mol. The SMILES string of the molecule is CC1C=C(C2=C(O)C3CCCCC3C2=O)C(Cl)=CC1c1ccccc1.CCOC(=O)C1CCCCC1C(=O)Cc1cc(C)c(-c2ccccc2)cc1Cl. The number of hydrogen-bond donors (Lipinski definition) is 1. The number of aliphatic hydroxyl groups is 1. The molecular formula is C46H50Cl2O5. The molecule has 3 aromatic carbocycles. The minimum absolute atomic E-state index is 0.00349. The van der Waals surface area contributed by atoms with E-state index in [0.29, 0.717) is 22.2 Å². The number of carbonyl (C=O) groups excluding carboxylic acids is 3. The lowest BCUT2D eigenvalue weighted by molar-refractivity contribution is -0.153. The van der Waals surface area contributed by atoms with Crippen molar-refractivity contribution in [2.24, 2.45) is 29.6 Å². The van der Waals surface area contributed by atoms with Crippen molar-refractivity contribution in [3.8, 4) is 11.1 Å². The number of benzene rings is 3. The van der Waals surface area contributed by atoms with Gasteiger partial charge in [0, 0.05) is 45.7 Å². The number of fused-ring (bicyclic) bond motifs is 1. The molecule has 6 unspecified atom stereocenters. The topological polar surface area (TPSA) is 80.7 Å². The zero-order valence-electron chi connectivity index (χ0n) is 31.0. The fraction of sp³-hybridized carbons (Fsp3) is 0.413. The van der Waals surface area contributed by atoms with Gasteiger partial charge in [0.15, 0.2) is 5.78 Å². The van der Waals surface area contributed by atoms with Crippen LogP contribution in [-0.2, 0) is 25.5 Å². The van der Waals surface area contributed by atoms with Gasteiger partial charge in [0.2, 0.25) is 0 Å². The third-order valence-electron chi connectivity index (χ3n) is 11.6. The van der Waals surface area contributed by atoms with Crippen molar-refractivity contribution in [3.05, 3.63) is 129 Å². The molecule has 4 aliphatic carbocycles. The molecule has 3 aromatic rings. The summed E-state index contributed by atoms with van der Waals surface area (Å²) in [5.41, 5.74) is 6.53. The van der Waals surface area contributed by atoms with Crippen LogP contribution in [0.4, 0.5) is 0 Å². The van der Waals surface area contributed by atoms with E-state index in [1.807, 2.05) is 61.5 Å². The summed E-state index contributed by atoms with van der Waals surface area (Å²) >= 11 is 13.1. The van der Waals surface area contributed by atoms with Gasteiger partial charge in [-0.3, -0.25) is 14.4 Å². The Morgan fingerprint density at radius 3 is 2.11 bits per heavy atom. The van der Waals surface area contributed by atoms with Crippen molar-refractivity contribution in [3.63, 3.8) is 0 Å². The van der Waals surface area contributed by atoms with Gasteiger partial charge in [0.1, 0.15) is 11.5 Å². The molecule has 2 saturated carbocycles. The molecule has 0 aromatic heterocycles. The van der Waals surface area contributed by atoms with Crippen LogP contribution >= 0.6 is 23.2 Å². The molecule has 0 bridgehead atoms. The summed E-state index contributed by atoms with van der Waals surface area (Å²) in [7, 11) is 0. The highest BCUT2D eigenvalue weighted by atomic mass is 35.5. The number of ketones is 2. The number of halogens is 2. The second kappa shape index (κ2) is 17.5. The number of hydrogen-bond acceptors (Lipinski definition) is 5. The number of carbonyl (C=O) groups is 3. The molecule has 0 radical (unpaired) electrons. The molecule has 0 amide bonds. The van der Waals surface area contributed by atoms with E-state index in [-0.39, 0.29) is 65.2 Å². The molecule has 7 rings (SSSR count). The highest BCUT2D eigenvalue weighted by Crippen LogP contribution is 2.48. The van der Waals surface area contributed by atoms with E-state index >= 15 is 0 Å². The Hall–Kier alpha value is -3.93. The molecule has 0 heterocycles. The zero-order chi connectivity index (χ0) is 37.6. The second-order valence-corrected chi connectivity index (χ2v) is 15.8. The average Bonchev–Trinajstić information content (AvgIpc) is 3.43. The van der Waals surface area contributed by atoms with E-state index in [0.717, 1.165) is 79.2 Å². The molecule has 4 aliphatic rings. The van der Waals surface area contributed by atoms with Crippen molar-refractivity contribution in [1.82, 2.24) is 0 Å². The Morgan fingerprint density at radius 1 is 0.830 bits per heavy atom. The first-order valence-electron chi connectivity index (χ1n) is 19.2.